The Balaban J connectivity index is 2.52. The maximum atomic E-state index is 9.30. The van der Waals surface area contributed by atoms with Gasteiger partial charge in [0, 0.05) is 6.04 Å². The largest absolute Gasteiger partial charge is 0.395 e. The molecule has 1 fully saturated rings. The summed E-state index contributed by atoms with van der Waals surface area (Å²) in [5, 5.41) is 27.3. The number of hydrogen-bond acceptors (Lipinski definition) is 5. The van der Waals surface area contributed by atoms with Gasteiger partial charge < -0.3 is 15.3 Å². The average molecular weight is 162 g/mol. The van der Waals surface area contributed by atoms with E-state index in [0.29, 0.717) is 0 Å². The van der Waals surface area contributed by atoms with E-state index in [1.165, 1.54) is 0 Å². The minimum atomic E-state index is -0.906. The highest BCUT2D eigenvalue weighted by Crippen LogP contribution is 2.07. The zero-order chi connectivity index (χ0) is 8.43. The molecule has 0 amide bonds. The summed E-state index contributed by atoms with van der Waals surface area (Å²) in [4.78, 5) is 0. The van der Waals surface area contributed by atoms with Crippen molar-refractivity contribution >= 4 is 0 Å². The van der Waals surface area contributed by atoms with Crippen molar-refractivity contribution in [2.75, 3.05) is 6.61 Å². The molecule has 5 N–H and O–H groups in total. The molecule has 1 saturated heterocycles. The highest BCUT2D eigenvalue weighted by Gasteiger charge is 2.34. The third-order valence-electron chi connectivity index (χ3n) is 1.97. The van der Waals surface area contributed by atoms with E-state index in [2.05, 4.69) is 10.9 Å². The number of aliphatic hydroxyl groups excluding tert-OH is 3. The first-order chi connectivity index (χ1) is 5.16. The van der Waals surface area contributed by atoms with Crippen LogP contribution in [0, 0.1) is 0 Å². The van der Waals surface area contributed by atoms with E-state index in [0.717, 1.165) is 0 Å². The van der Waals surface area contributed by atoms with Gasteiger partial charge in [0.1, 0.15) is 6.10 Å². The van der Waals surface area contributed by atoms with Crippen LogP contribution in [0.5, 0.6) is 0 Å². The first kappa shape index (κ1) is 8.89. The third kappa shape index (κ3) is 1.69. The van der Waals surface area contributed by atoms with Crippen LogP contribution in [0.4, 0.5) is 0 Å². The van der Waals surface area contributed by atoms with Gasteiger partial charge in [0.25, 0.3) is 0 Å². The summed E-state index contributed by atoms with van der Waals surface area (Å²) in [6.07, 6.45) is -1.73. The minimum absolute atomic E-state index is 0.196. The first-order valence-corrected chi connectivity index (χ1v) is 3.65. The van der Waals surface area contributed by atoms with Gasteiger partial charge in [-0.3, -0.25) is 5.43 Å². The summed E-state index contributed by atoms with van der Waals surface area (Å²) in [5.41, 5.74) is 5.43. The molecule has 0 bridgehead atoms. The quantitative estimate of drug-likeness (QED) is 0.296. The SMILES string of the molecule is CC1NNC(CO)C(O)C1O. The molecule has 1 rings (SSSR count). The normalized spacial score (nSPS) is 45.8. The van der Waals surface area contributed by atoms with Crippen molar-refractivity contribution in [2.24, 2.45) is 0 Å². The second kappa shape index (κ2) is 3.46. The number of hydrogen-bond donors (Lipinski definition) is 5. The molecule has 1 heterocycles. The van der Waals surface area contributed by atoms with E-state index in [4.69, 9.17) is 5.11 Å². The van der Waals surface area contributed by atoms with Crippen LogP contribution in [0.1, 0.15) is 6.92 Å². The number of rotatable bonds is 1. The smallest absolute Gasteiger partial charge is 0.100 e. The van der Waals surface area contributed by atoms with Crippen LogP contribution in [-0.2, 0) is 0 Å². The summed E-state index contributed by atoms with van der Waals surface area (Å²) in [6, 6.07) is -0.686. The van der Waals surface area contributed by atoms with Gasteiger partial charge in [0.2, 0.25) is 0 Å². The Morgan fingerprint density at radius 3 is 2.36 bits per heavy atom. The lowest BCUT2D eigenvalue weighted by Gasteiger charge is -2.36. The Hall–Kier alpha value is -0.200. The van der Waals surface area contributed by atoms with Gasteiger partial charge in [-0.15, -0.1) is 0 Å². The molecule has 1 aliphatic rings. The summed E-state index contributed by atoms with van der Waals surface area (Å²) >= 11 is 0. The van der Waals surface area contributed by atoms with E-state index in [1.807, 2.05) is 0 Å². The fraction of sp³-hybridized carbons (Fsp3) is 1.00. The molecule has 0 spiro atoms. The molecule has 5 nitrogen and oxygen atoms in total. The summed E-state index contributed by atoms with van der Waals surface area (Å²) in [6.45, 7) is 1.55. The molecule has 0 aromatic carbocycles. The Labute approximate surface area is 65.0 Å². The molecule has 5 heteroatoms. The highest BCUT2D eigenvalue weighted by atomic mass is 16.3. The van der Waals surface area contributed by atoms with Crippen LogP contribution in [-0.4, -0.2) is 46.2 Å². The molecule has 0 aliphatic carbocycles. The molecule has 0 aromatic heterocycles. The fourth-order valence-corrected chi connectivity index (χ4v) is 1.10. The van der Waals surface area contributed by atoms with Gasteiger partial charge in [-0.1, -0.05) is 0 Å². The van der Waals surface area contributed by atoms with Crippen LogP contribution in [0.15, 0.2) is 0 Å². The van der Waals surface area contributed by atoms with Crippen LogP contribution in [0.25, 0.3) is 0 Å². The molecular formula is C6H14N2O3. The average Bonchev–Trinajstić information content (AvgIpc) is 2.01. The minimum Gasteiger partial charge on any atom is -0.395 e. The first-order valence-electron chi connectivity index (χ1n) is 3.65. The number of aliphatic hydroxyl groups is 3. The van der Waals surface area contributed by atoms with Crippen molar-refractivity contribution in [1.29, 1.82) is 0 Å². The Morgan fingerprint density at radius 2 is 1.82 bits per heavy atom. The van der Waals surface area contributed by atoms with Crippen LogP contribution < -0.4 is 10.9 Å². The molecular weight excluding hydrogens is 148 g/mol. The molecule has 4 atom stereocenters. The van der Waals surface area contributed by atoms with Crippen molar-refractivity contribution < 1.29 is 15.3 Å². The summed E-state index contributed by atoms with van der Waals surface area (Å²) in [7, 11) is 0. The van der Waals surface area contributed by atoms with E-state index in [1.54, 1.807) is 6.92 Å². The molecule has 11 heavy (non-hydrogen) atoms. The van der Waals surface area contributed by atoms with Gasteiger partial charge in [-0.2, -0.15) is 0 Å². The Kier molecular flexibility index (Phi) is 2.80. The van der Waals surface area contributed by atoms with Gasteiger partial charge in [-0.05, 0) is 6.92 Å². The van der Waals surface area contributed by atoms with Crippen LogP contribution in [0.2, 0.25) is 0 Å². The van der Waals surface area contributed by atoms with Crippen molar-refractivity contribution in [1.82, 2.24) is 10.9 Å². The highest BCUT2D eigenvalue weighted by molar-refractivity contribution is 4.89. The number of nitrogens with one attached hydrogen (secondary N) is 2. The monoisotopic (exact) mass is 162 g/mol. The van der Waals surface area contributed by atoms with E-state index in [9.17, 15) is 10.2 Å². The fourth-order valence-electron chi connectivity index (χ4n) is 1.10. The Morgan fingerprint density at radius 1 is 1.18 bits per heavy atom. The predicted octanol–water partition coefficient (Wildman–Crippen LogP) is -2.43. The van der Waals surface area contributed by atoms with Gasteiger partial charge in [0.15, 0.2) is 0 Å². The molecule has 66 valence electrons. The lowest BCUT2D eigenvalue weighted by Crippen LogP contribution is -2.66. The van der Waals surface area contributed by atoms with E-state index < -0.39 is 18.2 Å². The second-order valence-electron chi connectivity index (χ2n) is 2.85. The van der Waals surface area contributed by atoms with E-state index >= 15 is 0 Å². The molecule has 4 unspecified atom stereocenters. The standard InChI is InChI=1S/C6H14N2O3/c1-3-5(10)6(11)4(2-9)8-7-3/h3-11H,2H2,1H3. The topological polar surface area (TPSA) is 84.8 Å². The molecule has 1 aliphatic heterocycles. The van der Waals surface area contributed by atoms with E-state index in [-0.39, 0.29) is 12.6 Å². The zero-order valence-corrected chi connectivity index (χ0v) is 6.36. The van der Waals surface area contributed by atoms with Crippen LogP contribution >= 0.6 is 0 Å². The maximum absolute atomic E-state index is 9.30. The van der Waals surface area contributed by atoms with Crippen molar-refractivity contribution in [3.05, 3.63) is 0 Å². The molecule has 0 radical (unpaired) electrons. The molecule has 0 saturated carbocycles. The second-order valence-corrected chi connectivity index (χ2v) is 2.85. The van der Waals surface area contributed by atoms with Gasteiger partial charge >= 0.3 is 0 Å². The maximum Gasteiger partial charge on any atom is 0.100 e. The lowest BCUT2D eigenvalue weighted by atomic mass is 9.99. The zero-order valence-electron chi connectivity index (χ0n) is 6.36. The number of hydrazine groups is 1. The summed E-state index contributed by atoms with van der Waals surface area (Å²) < 4.78 is 0. The van der Waals surface area contributed by atoms with Crippen LogP contribution in [0.3, 0.4) is 0 Å². The predicted molar refractivity (Wildman–Crippen MR) is 38.6 cm³/mol. The lowest BCUT2D eigenvalue weighted by molar-refractivity contribution is -0.0639. The Bertz CT molecular complexity index is 131. The molecule has 0 aromatic rings. The third-order valence-corrected chi connectivity index (χ3v) is 1.97. The van der Waals surface area contributed by atoms with Crippen molar-refractivity contribution in [3.8, 4) is 0 Å². The van der Waals surface area contributed by atoms with Crippen molar-refractivity contribution in [2.45, 2.75) is 31.2 Å². The van der Waals surface area contributed by atoms with Gasteiger partial charge in [-0.25, -0.2) is 5.43 Å². The summed E-state index contributed by atoms with van der Waals surface area (Å²) in [5.74, 6) is 0. The van der Waals surface area contributed by atoms with Crippen molar-refractivity contribution in [3.63, 3.8) is 0 Å². The van der Waals surface area contributed by atoms with Gasteiger partial charge in [0.05, 0.1) is 18.8 Å².